The molecule has 9 heteroatoms. The highest BCUT2D eigenvalue weighted by molar-refractivity contribution is 5.85. The fraction of sp³-hybridized carbons (Fsp3) is 0.192. The number of nitrogens with zero attached hydrogens (tertiary/aromatic N) is 3. The summed E-state index contributed by atoms with van der Waals surface area (Å²) in [5, 5.41) is 2.60. The molecule has 0 aliphatic rings. The van der Waals surface area contributed by atoms with Gasteiger partial charge in [-0.1, -0.05) is 36.4 Å². The maximum absolute atomic E-state index is 14.1. The fourth-order valence-corrected chi connectivity index (χ4v) is 3.77. The van der Waals surface area contributed by atoms with E-state index in [-0.39, 0.29) is 35.9 Å². The van der Waals surface area contributed by atoms with Crippen LogP contribution in [0, 0.1) is 0 Å². The lowest BCUT2D eigenvalue weighted by molar-refractivity contribution is -0.136. The summed E-state index contributed by atoms with van der Waals surface area (Å²) < 4.78 is 43.9. The molecule has 1 amide bonds. The van der Waals surface area contributed by atoms with Gasteiger partial charge in [-0.25, -0.2) is 4.98 Å². The fourth-order valence-electron chi connectivity index (χ4n) is 3.77. The minimum absolute atomic E-state index is 0.00461. The van der Waals surface area contributed by atoms with E-state index in [2.05, 4.69) is 10.3 Å². The van der Waals surface area contributed by atoms with Gasteiger partial charge in [0.05, 0.1) is 10.9 Å². The molecule has 2 aromatic heterocycles. The second-order valence-electron chi connectivity index (χ2n) is 8.20. The average Bonchev–Trinajstić information content (AvgIpc) is 2.82. The number of halogens is 3. The Labute approximate surface area is 199 Å². The summed E-state index contributed by atoms with van der Waals surface area (Å²) in [6.45, 7) is 0. The molecule has 0 aliphatic heterocycles. The van der Waals surface area contributed by atoms with Crippen LogP contribution in [0.25, 0.3) is 16.7 Å². The van der Waals surface area contributed by atoms with Gasteiger partial charge in [0.1, 0.15) is 5.82 Å². The average molecular weight is 480 g/mol. The molecule has 2 heterocycles. The van der Waals surface area contributed by atoms with Gasteiger partial charge in [-0.05, 0) is 36.8 Å². The molecule has 0 saturated carbocycles. The van der Waals surface area contributed by atoms with Gasteiger partial charge >= 0.3 is 6.18 Å². The third-order valence-electron chi connectivity index (χ3n) is 5.48. The van der Waals surface area contributed by atoms with Crippen molar-refractivity contribution in [1.82, 2.24) is 14.5 Å². The van der Waals surface area contributed by atoms with Gasteiger partial charge in [0, 0.05) is 43.7 Å². The summed E-state index contributed by atoms with van der Waals surface area (Å²) in [5.74, 6) is 0.0300. The van der Waals surface area contributed by atoms with E-state index in [9.17, 15) is 22.8 Å². The molecule has 4 aromatic rings. The van der Waals surface area contributed by atoms with E-state index in [1.54, 1.807) is 68.7 Å². The lowest BCUT2D eigenvalue weighted by Gasteiger charge is -2.20. The number of rotatable bonds is 6. The number of carbonyl (C=O) groups is 1. The number of fused-ring (bicyclic) bond motifs is 1. The topological polar surface area (TPSA) is 67.2 Å². The van der Waals surface area contributed by atoms with Crippen LogP contribution in [-0.2, 0) is 17.4 Å². The van der Waals surface area contributed by atoms with E-state index in [1.165, 1.54) is 9.47 Å². The largest absolute Gasteiger partial charge is 0.417 e. The molecule has 0 fully saturated rings. The first-order valence-corrected chi connectivity index (χ1v) is 10.9. The van der Waals surface area contributed by atoms with Crippen molar-refractivity contribution >= 4 is 28.4 Å². The number of aromatic nitrogens is 2. The summed E-state index contributed by atoms with van der Waals surface area (Å²) in [7, 11) is 3.15. The van der Waals surface area contributed by atoms with E-state index in [0.29, 0.717) is 11.4 Å². The number of para-hydroxylation sites is 2. The Morgan fingerprint density at radius 2 is 1.63 bits per heavy atom. The number of benzene rings is 2. The molecule has 4 rings (SSSR count). The number of pyridine rings is 2. The summed E-state index contributed by atoms with van der Waals surface area (Å²) in [6, 6.07) is 19.7. The van der Waals surface area contributed by atoms with Crippen molar-refractivity contribution in [2.45, 2.75) is 19.0 Å². The van der Waals surface area contributed by atoms with Crippen molar-refractivity contribution in [1.29, 1.82) is 0 Å². The van der Waals surface area contributed by atoms with Gasteiger partial charge in [-0.2, -0.15) is 13.2 Å². The zero-order valence-electron chi connectivity index (χ0n) is 19.1. The first-order valence-electron chi connectivity index (χ1n) is 10.9. The number of carbonyl (C=O) groups excluding carboxylic acids is 1. The van der Waals surface area contributed by atoms with Crippen LogP contribution in [0.3, 0.4) is 0 Å². The smallest absolute Gasteiger partial charge is 0.349 e. The number of hydrogen-bond donors (Lipinski definition) is 1. The number of nitrogens with one attached hydrogen (secondary N) is 1. The third kappa shape index (κ3) is 5.18. The Hall–Kier alpha value is -4.14. The van der Waals surface area contributed by atoms with Gasteiger partial charge in [0.25, 0.3) is 0 Å². The predicted molar refractivity (Wildman–Crippen MR) is 129 cm³/mol. The molecule has 2 aromatic carbocycles. The lowest BCUT2D eigenvalue weighted by atomic mass is 10.1. The molecule has 0 saturated heterocycles. The maximum Gasteiger partial charge on any atom is 0.417 e. The number of aryl methyl sites for hydroxylation is 1. The Kier molecular flexibility index (Phi) is 6.59. The van der Waals surface area contributed by atoms with Crippen molar-refractivity contribution in [3.8, 4) is 5.69 Å². The van der Waals surface area contributed by atoms with Gasteiger partial charge in [0.15, 0.2) is 11.1 Å². The Balaban J connectivity index is 2.01. The Bertz CT molecular complexity index is 1420. The Morgan fingerprint density at radius 1 is 1.00 bits per heavy atom. The van der Waals surface area contributed by atoms with E-state index >= 15 is 0 Å². The Morgan fingerprint density at radius 3 is 2.23 bits per heavy atom. The molecular formula is C26H23F3N4O2. The van der Waals surface area contributed by atoms with Crippen molar-refractivity contribution in [2.24, 2.45) is 0 Å². The third-order valence-corrected chi connectivity index (χ3v) is 5.48. The van der Waals surface area contributed by atoms with Gasteiger partial charge < -0.3 is 10.2 Å². The van der Waals surface area contributed by atoms with Crippen LogP contribution in [0.5, 0.6) is 0 Å². The van der Waals surface area contributed by atoms with E-state index in [4.69, 9.17) is 0 Å². The van der Waals surface area contributed by atoms with Gasteiger partial charge in [-0.3, -0.25) is 14.2 Å². The maximum atomic E-state index is 14.1. The molecule has 1 N–H and O–H groups in total. The van der Waals surface area contributed by atoms with Crippen LogP contribution < -0.4 is 10.7 Å². The SMILES string of the molecule is CN(C)C(=O)CCc1cc(C(F)(F)F)c2c(=O)cc(Nc3ccccc3)n(-c3ccccc3)c2n1. The molecule has 0 spiro atoms. The predicted octanol–water partition coefficient (Wildman–Crippen LogP) is 5.17. The molecule has 0 atom stereocenters. The van der Waals surface area contributed by atoms with Gasteiger partial charge in [0.2, 0.25) is 5.91 Å². The molecule has 0 unspecified atom stereocenters. The summed E-state index contributed by atoms with van der Waals surface area (Å²) in [6.07, 6.45) is -4.81. The molecular weight excluding hydrogens is 457 g/mol. The van der Waals surface area contributed by atoms with Crippen molar-refractivity contribution in [3.05, 3.63) is 94.3 Å². The van der Waals surface area contributed by atoms with Crippen LogP contribution >= 0.6 is 0 Å². The van der Waals surface area contributed by atoms with Crippen LogP contribution in [-0.4, -0.2) is 34.5 Å². The zero-order valence-corrected chi connectivity index (χ0v) is 19.1. The lowest BCUT2D eigenvalue weighted by Crippen LogP contribution is -2.22. The van der Waals surface area contributed by atoms with Crippen LogP contribution in [0.4, 0.5) is 24.7 Å². The quantitative estimate of drug-likeness (QED) is 0.414. The summed E-state index contributed by atoms with van der Waals surface area (Å²) in [4.78, 5) is 31.0. The minimum Gasteiger partial charge on any atom is -0.349 e. The molecule has 0 radical (unpaired) electrons. The van der Waals surface area contributed by atoms with Crippen LogP contribution in [0.2, 0.25) is 0 Å². The monoisotopic (exact) mass is 480 g/mol. The molecule has 0 bridgehead atoms. The van der Waals surface area contributed by atoms with Crippen molar-refractivity contribution in [3.63, 3.8) is 0 Å². The van der Waals surface area contributed by atoms with Gasteiger partial charge in [-0.15, -0.1) is 0 Å². The normalized spacial score (nSPS) is 11.5. The van der Waals surface area contributed by atoms with E-state index in [1.807, 2.05) is 6.07 Å². The summed E-state index contributed by atoms with van der Waals surface area (Å²) in [5.41, 5.74) is -0.764. The van der Waals surface area contributed by atoms with E-state index in [0.717, 1.165) is 12.1 Å². The number of amides is 1. The number of alkyl halides is 3. The van der Waals surface area contributed by atoms with E-state index < -0.39 is 22.6 Å². The minimum atomic E-state index is -4.79. The van der Waals surface area contributed by atoms with Crippen molar-refractivity contribution < 1.29 is 18.0 Å². The number of anilines is 2. The van der Waals surface area contributed by atoms with Crippen molar-refractivity contribution in [2.75, 3.05) is 19.4 Å². The number of hydrogen-bond acceptors (Lipinski definition) is 4. The molecule has 35 heavy (non-hydrogen) atoms. The standard InChI is InChI=1S/C26H23F3N4O2/c1-32(2)23(35)14-13-18-15-20(26(27,28)29)24-21(34)16-22(30-17-9-5-3-6-10-17)33(25(24)31-18)19-11-7-4-8-12-19/h3-12,15-16,30H,13-14H2,1-2H3. The van der Waals surface area contributed by atoms with Crippen LogP contribution in [0.15, 0.2) is 77.6 Å². The van der Waals surface area contributed by atoms with Crippen LogP contribution in [0.1, 0.15) is 17.7 Å². The zero-order chi connectivity index (χ0) is 25.2. The molecule has 180 valence electrons. The highest BCUT2D eigenvalue weighted by atomic mass is 19.4. The first-order chi connectivity index (χ1) is 16.6. The second-order valence-corrected chi connectivity index (χ2v) is 8.20. The summed E-state index contributed by atoms with van der Waals surface area (Å²) >= 11 is 0. The first kappa shape index (κ1) is 24.0. The highest BCUT2D eigenvalue weighted by Gasteiger charge is 2.35. The second kappa shape index (κ2) is 9.61. The molecule has 0 aliphatic carbocycles. The highest BCUT2D eigenvalue weighted by Crippen LogP contribution is 2.35. The molecule has 6 nitrogen and oxygen atoms in total.